The highest BCUT2D eigenvalue weighted by molar-refractivity contribution is 6.21. The number of carbonyl (C=O) groups is 1. The van der Waals surface area contributed by atoms with Gasteiger partial charge < -0.3 is 53.6 Å². The second kappa shape index (κ2) is 22.4. The van der Waals surface area contributed by atoms with Crippen LogP contribution in [-0.4, -0.2) is 118 Å². The monoisotopic (exact) mass is 766 g/mol. The Hall–Kier alpha value is -2.20. The number of cyclic esters (lactones) is 1. The maximum absolute atomic E-state index is 12.8. The molecule has 15 atom stereocenters. The summed E-state index contributed by atoms with van der Waals surface area (Å²) in [6, 6.07) is 0. The number of ether oxygens (including phenoxy) is 7. The lowest BCUT2D eigenvalue weighted by atomic mass is 9.99. The van der Waals surface area contributed by atoms with Gasteiger partial charge in [0.2, 0.25) is 0 Å². The molecule has 4 N–H and O–H groups in total. The van der Waals surface area contributed by atoms with Crippen molar-refractivity contribution in [2.75, 3.05) is 0 Å². The standard InChI is InChI=1S/C40H59ClO12/c1-5-6-7-8-9-10-11-12-13-14-15-16-33-40(30(43)19-17-28(41)18-21-34(46)50-33)53-37-24-32(45)39(27(4)49-37)52-36-23-31(44)38(26(3)48-36)51-35-22-20-29(42)25(2)47-35/h6-7,9-17,19,25-33,35-40,42-45H,5,8,18,20-24H2,1-4H3/b7-6-,10-9-,12-11+,14-13+,16-15-,19-17+/t25-,26+,27-,28-,29+,30-,31+,32+,33-,35-,36-,37+,38+,39-,40+/m0/s1. The van der Waals surface area contributed by atoms with E-state index < -0.39 is 91.3 Å². The van der Waals surface area contributed by atoms with E-state index in [-0.39, 0.29) is 25.4 Å². The summed E-state index contributed by atoms with van der Waals surface area (Å²) in [6.45, 7) is 7.37. The first-order valence-corrected chi connectivity index (χ1v) is 19.4. The van der Waals surface area contributed by atoms with Crippen molar-refractivity contribution < 1.29 is 58.4 Å². The molecule has 0 saturated carbocycles. The van der Waals surface area contributed by atoms with E-state index in [1.165, 1.54) is 6.08 Å². The molecule has 3 fully saturated rings. The molecule has 0 aromatic rings. The van der Waals surface area contributed by atoms with E-state index in [4.69, 9.17) is 44.8 Å². The predicted octanol–water partition coefficient (Wildman–Crippen LogP) is 4.83. The highest BCUT2D eigenvalue weighted by atomic mass is 35.5. The van der Waals surface area contributed by atoms with Crippen LogP contribution in [0.2, 0.25) is 0 Å². The summed E-state index contributed by atoms with van der Waals surface area (Å²) in [5.74, 6) is -0.491. The van der Waals surface area contributed by atoms with Gasteiger partial charge in [0.05, 0.1) is 42.0 Å². The van der Waals surface area contributed by atoms with Gasteiger partial charge in [-0.3, -0.25) is 4.79 Å². The molecule has 4 aliphatic heterocycles. The Morgan fingerprint density at radius 1 is 0.698 bits per heavy atom. The summed E-state index contributed by atoms with van der Waals surface area (Å²) in [6.07, 6.45) is 14.2. The Morgan fingerprint density at radius 2 is 1.28 bits per heavy atom. The topological polar surface area (TPSA) is 163 Å². The van der Waals surface area contributed by atoms with Gasteiger partial charge >= 0.3 is 5.97 Å². The van der Waals surface area contributed by atoms with Crippen molar-refractivity contribution in [1.29, 1.82) is 0 Å². The Labute approximate surface area is 318 Å². The lowest BCUT2D eigenvalue weighted by Crippen LogP contribution is -2.56. The Balaban J connectivity index is 1.36. The first-order chi connectivity index (χ1) is 25.4. The SMILES string of the molecule is CC/C=C\C\C=C/C=C/C=C/C=C\[C@@H]1OC(=O)CC[C@@H](Cl)/C=C/[C@H](O)[C@H]1O[C@@H]1C[C@@H](O)[C@@H](O[C@H]2C[C@@H](O)[C@H](O[C@H]3CC[C@@H](O)[C@H](C)O3)[C@@H](C)O2)[C@H](C)O1. The van der Waals surface area contributed by atoms with Crippen LogP contribution in [0.4, 0.5) is 0 Å². The van der Waals surface area contributed by atoms with Crippen molar-refractivity contribution in [3.8, 4) is 0 Å². The van der Waals surface area contributed by atoms with Crippen molar-refractivity contribution in [3.63, 3.8) is 0 Å². The minimum Gasteiger partial charge on any atom is -0.455 e. The molecule has 13 heteroatoms. The molecule has 12 nitrogen and oxygen atoms in total. The third-order valence-corrected chi connectivity index (χ3v) is 9.92. The summed E-state index contributed by atoms with van der Waals surface area (Å²) >= 11 is 6.32. The normalized spacial score (nSPS) is 41.5. The lowest BCUT2D eigenvalue weighted by molar-refractivity contribution is -0.334. The molecule has 0 spiro atoms. The molecular formula is C40H59ClO12. The van der Waals surface area contributed by atoms with Gasteiger partial charge in [0.25, 0.3) is 0 Å². The van der Waals surface area contributed by atoms with Crippen LogP contribution >= 0.6 is 11.6 Å². The molecule has 298 valence electrons. The van der Waals surface area contributed by atoms with Crippen LogP contribution in [0, 0.1) is 0 Å². The highest BCUT2D eigenvalue weighted by Crippen LogP contribution is 2.32. The highest BCUT2D eigenvalue weighted by Gasteiger charge is 2.45. The van der Waals surface area contributed by atoms with E-state index in [9.17, 15) is 25.2 Å². The largest absolute Gasteiger partial charge is 0.455 e. The number of aliphatic hydroxyl groups excluding tert-OH is 4. The zero-order valence-corrected chi connectivity index (χ0v) is 31.9. The van der Waals surface area contributed by atoms with E-state index >= 15 is 0 Å². The molecule has 0 aromatic heterocycles. The first kappa shape index (κ1) is 43.5. The molecule has 3 saturated heterocycles. The van der Waals surface area contributed by atoms with E-state index in [1.807, 2.05) is 24.3 Å². The van der Waals surface area contributed by atoms with E-state index in [1.54, 1.807) is 45.1 Å². The molecule has 0 amide bonds. The van der Waals surface area contributed by atoms with Crippen molar-refractivity contribution in [3.05, 3.63) is 72.9 Å². The number of aliphatic hydroxyl groups is 4. The fraction of sp³-hybridized carbons (Fsp3) is 0.675. The van der Waals surface area contributed by atoms with Gasteiger partial charge in [-0.05, 0) is 52.5 Å². The minimum atomic E-state index is -1.22. The van der Waals surface area contributed by atoms with Crippen LogP contribution in [0.5, 0.6) is 0 Å². The Kier molecular flexibility index (Phi) is 18.4. The van der Waals surface area contributed by atoms with Crippen molar-refractivity contribution in [1.82, 2.24) is 0 Å². The van der Waals surface area contributed by atoms with Gasteiger partial charge in [0.15, 0.2) is 18.9 Å². The zero-order chi connectivity index (χ0) is 38.3. The summed E-state index contributed by atoms with van der Waals surface area (Å²) in [7, 11) is 0. The Bertz CT molecular complexity index is 1260. The number of alkyl halides is 1. The molecule has 4 rings (SSSR count). The second-order valence-electron chi connectivity index (χ2n) is 13.9. The maximum atomic E-state index is 12.8. The van der Waals surface area contributed by atoms with Crippen molar-refractivity contribution in [2.45, 2.75) is 170 Å². The fourth-order valence-electron chi connectivity index (χ4n) is 6.58. The van der Waals surface area contributed by atoms with E-state index in [0.29, 0.717) is 19.3 Å². The molecule has 0 bridgehead atoms. The number of allylic oxidation sites excluding steroid dienone is 10. The van der Waals surface area contributed by atoms with Crippen LogP contribution in [0.15, 0.2) is 72.9 Å². The number of rotatable bonds is 13. The van der Waals surface area contributed by atoms with Crippen LogP contribution < -0.4 is 0 Å². The molecule has 0 radical (unpaired) electrons. The summed E-state index contributed by atoms with van der Waals surface area (Å²) in [4.78, 5) is 12.8. The van der Waals surface area contributed by atoms with Crippen molar-refractivity contribution in [2.24, 2.45) is 0 Å². The van der Waals surface area contributed by atoms with Crippen molar-refractivity contribution >= 4 is 17.6 Å². The minimum absolute atomic E-state index is 0.0173. The smallest absolute Gasteiger partial charge is 0.306 e. The maximum Gasteiger partial charge on any atom is 0.306 e. The average molecular weight is 767 g/mol. The number of halogens is 1. The summed E-state index contributed by atoms with van der Waals surface area (Å²) in [5.41, 5.74) is 0. The molecule has 4 heterocycles. The lowest BCUT2D eigenvalue weighted by Gasteiger charge is -2.44. The molecule has 53 heavy (non-hydrogen) atoms. The van der Waals surface area contributed by atoms with Crippen LogP contribution in [0.1, 0.15) is 79.1 Å². The third kappa shape index (κ3) is 14.1. The molecule has 0 aromatic carbocycles. The van der Waals surface area contributed by atoms with Gasteiger partial charge in [-0.2, -0.15) is 0 Å². The first-order valence-electron chi connectivity index (χ1n) is 18.9. The van der Waals surface area contributed by atoms with Crippen LogP contribution in [0.3, 0.4) is 0 Å². The Morgan fingerprint density at radius 3 is 1.91 bits per heavy atom. The van der Waals surface area contributed by atoms with E-state index in [2.05, 4.69) is 25.2 Å². The number of carbonyl (C=O) groups excluding carboxylic acids is 1. The predicted molar refractivity (Wildman–Crippen MR) is 199 cm³/mol. The quantitative estimate of drug-likeness (QED) is 0.0876. The van der Waals surface area contributed by atoms with Gasteiger partial charge in [-0.1, -0.05) is 73.8 Å². The molecule has 0 aliphatic carbocycles. The van der Waals surface area contributed by atoms with Crippen LogP contribution in [0.25, 0.3) is 0 Å². The fourth-order valence-corrected chi connectivity index (χ4v) is 6.77. The number of hydrogen-bond donors (Lipinski definition) is 4. The summed E-state index contributed by atoms with van der Waals surface area (Å²) < 4.78 is 42.2. The van der Waals surface area contributed by atoms with Gasteiger partial charge in [0, 0.05) is 25.7 Å². The number of esters is 1. The zero-order valence-electron chi connectivity index (χ0n) is 31.2. The van der Waals surface area contributed by atoms with Gasteiger partial charge in [0.1, 0.15) is 30.5 Å². The van der Waals surface area contributed by atoms with Crippen LogP contribution in [-0.2, 0) is 38.0 Å². The molecule has 4 aliphatic rings. The van der Waals surface area contributed by atoms with E-state index in [0.717, 1.165) is 12.8 Å². The summed E-state index contributed by atoms with van der Waals surface area (Å²) in [5, 5.41) is 42.9. The van der Waals surface area contributed by atoms with Gasteiger partial charge in [-0.25, -0.2) is 0 Å². The molecule has 0 unspecified atom stereocenters. The average Bonchev–Trinajstić information content (AvgIpc) is 3.11. The second-order valence-corrected chi connectivity index (χ2v) is 14.5. The molecular weight excluding hydrogens is 708 g/mol. The number of hydrogen-bond acceptors (Lipinski definition) is 12. The third-order valence-electron chi connectivity index (χ3n) is 9.55. The van der Waals surface area contributed by atoms with Gasteiger partial charge in [-0.15, -0.1) is 11.6 Å².